The summed E-state index contributed by atoms with van der Waals surface area (Å²) in [6.45, 7) is 1.32. The fourth-order valence-corrected chi connectivity index (χ4v) is 4.62. The maximum Gasteiger partial charge on any atom is 0.271 e. The first-order valence-corrected chi connectivity index (χ1v) is 11.1. The van der Waals surface area contributed by atoms with Crippen molar-refractivity contribution in [3.63, 3.8) is 0 Å². The summed E-state index contributed by atoms with van der Waals surface area (Å²) in [7, 11) is 0. The van der Waals surface area contributed by atoms with Crippen LogP contribution in [0.5, 0.6) is 5.75 Å². The number of ether oxygens (including phenoxy) is 1. The molecule has 0 fully saturated rings. The van der Waals surface area contributed by atoms with Gasteiger partial charge >= 0.3 is 0 Å². The topological polar surface area (TPSA) is 120 Å². The summed E-state index contributed by atoms with van der Waals surface area (Å²) in [6.07, 6.45) is 4.65. The lowest BCUT2D eigenvalue weighted by Gasteiger charge is -2.29. The number of carbonyl (C=O) groups excluding carboxylic acids is 2. The molecule has 0 saturated carbocycles. The number of rotatable bonds is 5. The molecule has 34 heavy (non-hydrogen) atoms. The Morgan fingerprint density at radius 3 is 2.94 bits per heavy atom. The van der Waals surface area contributed by atoms with Gasteiger partial charge in [0.2, 0.25) is 5.91 Å². The molecule has 0 saturated heterocycles. The van der Waals surface area contributed by atoms with Gasteiger partial charge in [0, 0.05) is 17.7 Å². The van der Waals surface area contributed by atoms with Crippen LogP contribution in [-0.2, 0) is 16.0 Å². The van der Waals surface area contributed by atoms with Crippen LogP contribution in [0, 0.1) is 17.0 Å². The van der Waals surface area contributed by atoms with E-state index in [0.717, 1.165) is 24.8 Å². The number of carbonyl (C=O) groups is 2. The van der Waals surface area contributed by atoms with E-state index in [1.54, 1.807) is 6.20 Å². The van der Waals surface area contributed by atoms with Crippen molar-refractivity contribution in [3.05, 3.63) is 75.5 Å². The molecule has 174 valence electrons. The van der Waals surface area contributed by atoms with Gasteiger partial charge in [0.05, 0.1) is 22.8 Å². The number of hydrogen-bond acceptors (Lipinski definition) is 6. The number of anilines is 2. The molecule has 0 spiro atoms. The normalized spacial score (nSPS) is 16.9. The first kappa shape index (κ1) is 21.6. The number of nitrogens with zero attached hydrogens (tertiary/aromatic N) is 4. The number of nitrogens with one attached hydrogen (secondary N) is 1. The zero-order valence-corrected chi connectivity index (χ0v) is 18.6. The lowest BCUT2D eigenvalue weighted by molar-refractivity contribution is -0.384. The van der Waals surface area contributed by atoms with Gasteiger partial charge in [-0.15, -0.1) is 0 Å². The van der Waals surface area contributed by atoms with Gasteiger partial charge in [-0.1, -0.05) is 24.3 Å². The van der Waals surface area contributed by atoms with Crippen molar-refractivity contribution in [2.75, 3.05) is 23.4 Å². The van der Waals surface area contributed by atoms with Gasteiger partial charge in [-0.05, 0) is 43.4 Å². The number of benzene rings is 2. The molecule has 1 unspecified atom stereocenters. The predicted molar refractivity (Wildman–Crippen MR) is 124 cm³/mol. The summed E-state index contributed by atoms with van der Waals surface area (Å²) in [4.78, 5) is 37.4. The molecule has 10 heteroatoms. The molecule has 1 aliphatic heterocycles. The first-order valence-electron chi connectivity index (χ1n) is 11.1. The van der Waals surface area contributed by atoms with Crippen LogP contribution >= 0.6 is 0 Å². The number of aromatic nitrogens is 2. The second kappa shape index (κ2) is 8.62. The van der Waals surface area contributed by atoms with Crippen molar-refractivity contribution in [1.29, 1.82) is 0 Å². The third-order valence-electron chi connectivity index (χ3n) is 6.27. The maximum atomic E-state index is 13.1. The first-order chi connectivity index (χ1) is 16.4. The number of non-ortho nitro benzene ring substituents is 1. The molecular formula is C24H23N5O5. The van der Waals surface area contributed by atoms with Gasteiger partial charge < -0.3 is 10.1 Å². The van der Waals surface area contributed by atoms with E-state index in [1.807, 2.05) is 23.7 Å². The highest BCUT2D eigenvalue weighted by Crippen LogP contribution is 2.36. The molecule has 2 heterocycles. The largest absolute Gasteiger partial charge is 0.482 e. The minimum Gasteiger partial charge on any atom is -0.482 e. The van der Waals surface area contributed by atoms with Crippen LogP contribution in [0.4, 0.5) is 17.2 Å². The molecular weight excluding hydrogens is 438 g/mol. The zero-order chi connectivity index (χ0) is 23.8. The molecule has 5 rings (SSSR count). The Kier molecular flexibility index (Phi) is 5.48. The van der Waals surface area contributed by atoms with Crippen LogP contribution in [0.1, 0.15) is 35.6 Å². The highest BCUT2D eigenvalue weighted by atomic mass is 16.6. The molecule has 10 nitrogen and oxygen atoms in total. The molecule has 0 bridgehead atoms. The summed E-state index contributed by atoms with van der Waals surface area (Å²) in [5.41, 5.74) is 3.29. The Labute approximate surface area is 195 Å². The molecule has 1 aromatic heterocycles. The van der Waals surface area contributed by atoms with Crippen LogP contribution in [0.25, 0.3) is 0 Å². The molecule has 2 amide bonds. The lowest BCUT2D eigenvalue weighted by Crippen LogP contribution is -2.43. The van der Waals surface area contributed by atoms with Crippen molar-refractivity contribution in [1.82, 2.24) is 9.78 Å². The quantitative estimate of drug-likeness (QED) is 0.459. The molecule has 2 aromatic carbocycles. The third kappa shape index (κ3) is 3.87. The third-order valence-corrected chi connectivity index (χ3v) is 6.27. The van der Waals surface area contributed by atoms with E-state index in [2.05, 4.69) is 22.5 Å². The van der Waals surface area contributed by atoms with Crippen molar-refractivity contribution in [2.45, 2.75) is 32.2 Å². The highest BCUT2D eigenvalue weighted by Gasteiger charge is 2.30. The smallest absolute Gasteiger partial charge is 0.271 e. The molecule has 1 atom stereocenters. The summed E-state index contributed by atoms with van der Waals surface area (Å²) < 4.78 is 7.22. The van der Waals surface area contributed by atoms with Crippen LogP contribution in [-0.4, -0.2) is 39.7 Å². The van der Waals surface area contributed by atoms with E-state index in [-0.39, 0.29) is 30.6 Å². The standard InChI is InChI=1S/C24H23N5O5/c1-15-12-25-28(19-8-4-6-16-5-2-3-7-18(16)19)24(15)26-22(30)13-27-20-11-17(29(32)33)9-10-21(20)34-14-23(27)31/h2-3,5,7,9-12,19H,4,6,8,13-14H2,1H3,(H,26,30). The Bertz CT molecular complexity index is 1300. The van der Waals surface area contributed by atoms with Crippen molar-refractivity contribution in [3.8, 4) is 5.75 Å². The monoisotopic (exact) mass is 461 g/mol. The van der Waals surface area contributed by atoms with Gasteiger partial charge in [-0.3, -0.25) is 24.6 Å². The average molecular weight is 461 g/mol. The Morgan fingerprint density at radius 1 is 1.29 bits per heavy atom. The predicted octanol–water partition coefficient (Wildman–Crippen LogP) is 3.39. The highest BCUT2D eigenvalue weighted by molar-refractivity contribution is 6.05. The van der Waals surface area contributed by atoms with Crippen LogP contribution in [0.3, 0.4) is 0 Å². The summed E-state index contributed by atoms with van der Waals surface area (Å²) >= 11 is 0. The Hall–Kier alpha value is -4.21. The molecule has 1 aliphatic carbocycles. The van der Waals surface area contributed by atoms with E-state index >= 15 is 0 Å². The minimum absolute atomic E-state index is 0.00217. The Balaban J connectivity index is 1.40. The molecule has 2 aliphatic rings. The molecule has 0 radical (unpaired) electrons. The summed E-state index contributed by atoms with van der Waals surface area (Å²) in [5, 5.41) is 18.7. The lowest BCUT2D eigenvalue weighted by atomic mass is 9.88. The van der Waals surface area contributed by atoms with Crippen molar-refractivity contribution >= 4 is 29.0 Å². The van der Waals surface area contributed by atoms with Crippen LogP contribution in [0.2, 0.25) is 0 Å². The van der Waals surface area contributed by atoms with Crippen LogP contribution in [0.15, 0.2) is 48.7 Å². The second-order valence-corrected chi connectivity index (χ2v) is 8.45. The zero-order valence-electron chi connectivity index (χ0n) is 18.6. The minimum atomic E-state index is -0.554. The van der Waals surface area contributed by atoms with E-state index in [1.165, 1.54) is 34.2 Å². The number of aryl methyl sites for hydroxylation is 2. The fourth-order valence-electron chi connectivity index (χ4n) is 4.62. The van der Waals surface area contributed by atoms with Gasteiger partial charge in [0.25, 0.3) is 11.6 Å². The van der Waals surface area contributed by atoms with E-state index < -0.39 is 16.7 Å². The van der Waals surface area contributed by atoms with Gasteiger partial charge in [-0.2, -0.15) is 5.10 Å². The Morgan fingerprint density at radius 2 is 2.12 bits per heavy atom. The van der Waals surface area contributed by atoms with Gasteiger partial charge in [0.1, 0.15) is 18.1 Å². The molecule has 3 aromatic rings. The fraction of sp³-hybridized carbons (Fsp3) is 0.292. The van der Waals surface area contributed by atoms with Crippen LogP contribution < -0.4 is 15.0 Å². The summed E-state index contributed by atoms with van der Waals surface area (Å²) in [6, 6.07) is 12.2. The molecule has 1 N–H and O–H groups in total. The SMILES string of the molecule is Cc1cnn(C2CCCc3ccccc32)c1NC(=O)CN1C(=O)COc2ccc([N+](=O)[O-])cc21. The second-order valence-electron chi connectivity index (χ2n) is 8.45. The maximum absolute atomic E-state index is 13.1. The van der Waals surface area contributed by atoms with E-state index in [0.29, 0.717) is 11.6 Å². The number of hydrogen-bond donors (Lipinski definition) is 1. The summed E-state index contributed by atoms with van der Waals surface area (Å²) in [5.74, 6) is 0.0148. The number of nitro benzene ring substituents is 1. The number of nitro groups is 1. The van der Waals surface area contributed by atoms with Crippen molar-refractivity contribution < 1.29 is 19.2 Å². The average Bonchev–Trinajstić information content (AvgIpc) is 3.19. The van der Waals surface area contributed by atoms with E-state index in [4.69, 9.17) is 4.74 Å². The van der Waals surface area contributed by atoms with Crippen molar-refractivity contribution in [2.24, 2.45) is 0 Å². The van der Waals surface area contributed by atoms with E-state index in [9.17, 15) is 19.7 Å². The van der Waals surface area contributed by atoms with Gasteiger partial charge in [0.15, 0.2) is 6.61 Å². The van der Waals surface area contributed by atoms with Gasteiger partial charge in [-0.25, -0.2) is 4.68 Å². The number of fused-ring (bicyclic) bond motifs is 2. The number of amides is 2.